The van der Waals surface area contributed by atoms with Crippen LogP contribution in [-0.2, 0) is 9.59 Å². The van der Waals surface area contributed by atoms with Crippen molar-refractivity contribution in [1.29, 1.82) is 0 Å². The third-order valence-electron chi connectivity index (χ3n) is 3.38. The van der Waals surface area contributed by atoms with Gasteiger partial charge in [0, 0.05) is 11.8 Å². The van der Waals surface area contributed by atoms with E-state index < -0.39 is 29.0 Å². The second kappa shape index (κ2) is 9.94. The third-order valence-corrected chi connectivity index (χ3v) is 3.38. The third kappa shape index (κ3) is 5.06. The lowest BCUT2D eigenvalue weighted by Gasteiger charge is -2.21. The molecule has 0 aliphatic rings. The zero-order chi connectivity index (χ0) is 18.6. The zero-order valence-electron chi connectivity index (χ0n) is 15.8. The molecule has 10 nitrogen and oxygen atoms in total. The van der Waals surface area contributed by atoms with E-state index in [4.69, 9.17) is 4.74 Å². The molecule has 0 atom stereocenters. The smallest absolute Gasteiger partial charge is 0.178 e. The van der Waals surface area contributed by atoms with Gasteiger partial charge in [-0.05, 0) is 23.6 Å². The van der Waals surface area contributed by atoms with Gasteiger partial charge in [-0.3, -0.25) is 4.98 Å². The summed E-state index contributed by atoms with van der Waals surface area (Å²) in [5.74, 6) is -3.84. The lowest BCUT2D eigenvalue weighted by molar-refractivity contribution is -0.302. The number of aliphatic carboxylic acids is 2. The minimum absolute atomic E-state index is 0. The normalized spacial score (nSPS) is 11.0. The molecule has 0 saturated heterocycles. The Morgan fingerprint density at radius 3 is 2.19 bits per heavy atom. The van der Waals surface area contributed by atoms with Crippen LogP contribution in [0.1, 0.15) is 19.5 Å². The van der Waals surface area contributed by atoms with Crippen molar-refractivity contribution >= 4 is 17.5 Å². The number of hydrogen-bond donors (Lipinski definition) is 2. The van der Waals surface area contributed by atoms with E-state index in [2.05, 4.69) is 15.0 Å². The SMILES string of the molecule is COc1cnc(-c2ccccn2)nc1/C(C(=O)[O-])=C(/C(=O)[O-])C(C)C.[NH4+].[NH4+]. The summed E-state index contributed by atoms with van der Waals surface area (Å²) in [6.45, 7) is 3.06. The Morgan fingerprint density at radius 1 is 1.07 bits per heavy atom. The maximum Gasteiger partial charge on any atom is 0.178 e. The van der Waals surface area contributed by atoms with Crippen LogP contribution in [0, 0.1) is 5.92 Å². The number of rotatable bonds is 6. The Balaban J connectivity index is 0.00000338. The molecule has 27 heavy (non-hydrogen) atoms. The second-order valence-electron chi connectivity index (χ2n) is 5.34. The van der Waals surface area contributed by atoms with Crippen LogP contribution in [-0.4, -0.2) is 34.0 Å². The van der Waals surface area contributed by atoms with Crippen LogP contribution in [0.25, 0.3) is 17.1 Å². The number of quaternary nitrogens is 2. The molecular formula is C17H23N5O5. The molecule has 2 aromatic rings. The quantitative estimate of drug-likeness (QED) is 0.664. The van der Waals surface area contributed by atoms with Crippen LogP contribution in [0.3, 0.4) is 0 Å². The Morgan fingerprint density at radius 2 is 1.74 bits per heavy atom. The average molecular weight is 377 g/mol. The topological polar surface area (TPSA) is 201 Å². The van der Waals surface area contributed by atoms with Crippen molar-refractivity contribution in [2.45, 2.75) is 13.8 Å². The molecule has 2 heterocycles. The van der Waals surface area contributed by atoms with Gasteiger partial charge in [-0.2, -0.15) is 0 Å². The Kier molecular flexibility index (Phi) is 8.70. The molecule has 0 fully saturated rings. The minimum atomic E-state index is -1.70. The number of carboxylic acids is 2. The summed E-state index contributed by atoms with van der Waals surface area (Å²) in [5, 5.41) is 23.1. The van der Waals surface area contributed by atoms with Gasteiger partial charge in [0.05, 0.1) is 25.2 Å². The lowest BCUT2D eigenvalue weighted by atomic mass is 9.94. The summed E-state index contributed by atoms with van der Waals surface area (Å²) in [4.78, 5) is 35.5. The molecule has 0 radical (unpaired) electrons. The van der Waals surface area contributed by atoms with Crippen molar-refractivity contribution in [2.24, 2.45) is 5.92 Å². The van der Waals surface area contributed by atoms with Crippen LogP contribution < -0.4 is 27.3 Å². The van der Waals surface area contributed by atoms with Gasteiger partial charge >= 0.3 is 0 Å². The van der Waals surface area contributed by atoms with E-state index in [9.17, 15) is 19.8 Å². The summed E-state index contributed by atoms with van der Waals surface area (Å²) in [6, 6.07) is 5.05. The van der Waals surface area contributed by atoms with E-state index in [0.29, 0.717) is 5.69 Å². The maximum absolute atomic E-state index is 11.7. The van der Waals surface area contributed by atoms with Gasteiger partial charge in [0.25, 0.3) is 0 Å². The summed E-state index contributed by atoms with van der Waals surface area (Å²) >= 11 is 0. The molecule has 0 spiro atoms. The predicted octanol–water partition coefficient (Wildman–Crippen LogP) is 0.209. The molecule has 0 amide bonds. The largest absolute Gasteiger partial charge is 0.545 e. The van der Waals surface area contributed by atoms with Gasteiger partial charge in [0.15, 0.2) is 11.6 Å². The molecule has 146 valence electrons. The van der Waals surface area contributed by atoms with E-state index in [1.807, 2.05) is 0 Å². The number of ether oxygens (including phenoxy) is 1. The lowest BCUT2D eigenvalue weighted by Crippen LogP contribution is -2.33. The average Bonchev–Trinajstić information content (AvgIpc) is 2.58. The molecule has 10 heteroatoms. The van der Waals surface area contributed by atoms with Gasteiger partial charge in [0.2, 0.25) is 0 Å². The van der Waals surface area contributed by atoms with Crippen LogP contribution in [0.15, 0.2) is 36.2 Å². The molecule has 0 bridgehead atoms. The highest BCUT2D eigenvalue weighted by Crippen LogP contribution is 2.30. The fraction of sp³-hybridized carbons (Fsp3) is 0.235. The highest BCUT2D eigenvalue weighted by atomic mass is 16.5. The molecule has 2 aromatic heterocycles. The van der Waals surface area contributed by atoms with Crippen molar-refractivity contribution in [3.8, 4) is 17.3 Å². The maximum atomic E-state index is 11.7. The van der Waals surface area contributed by atoms with Crippen LogP contribution in [0.5, 0.6) is 5.75 Å². The van der Waals surface area contributed by atoms with E-state index in [1.54, 1.807) is 18.2 Å². The second-order valence-corrected chi connectivity index (χ2v) is 5.34. The van der Waals surface area contributed by atoms with Crippen molar-refractivity contribution in [1.82, 2.24) is 27.3 Å². The van der Waals surface area contributed by atoms with Gasteiger partial charge in [-0.25, -0.2) is 9.97 Å². The predicted molar refractivity (Wildman–Crippen MR) is 95.6 cm³/mol. The number of nitrogens with zero attached hydrogens (tertiary/aromatic N) is 3. The van der Waals surface area contributed by atoms with E-state index >= 15 is 0 Å². The summed E-state index contributed by atoms with van der Waals surface area (Å²) < 4.78 is 5.09. The first-order valence-corrected chi connectivity index (χ1v) is 7.36. The van der Waals surface area contributed by atoms with E-state index in [-0.39, 0.29) is 29.6 Å². The van der Waals surface area contributed by atoms with Crippen LogP contribution in [0.4, 0.5) is 0 Å². The molecule has 2 rings (SSSR count). The van der Waals surface area contributed by atoms with Crippen molar-refractivity contribution in [3.63, 3.8) is 0 Å². The first-order valence-electron chi connectivity index (χ1n) is 7.36. The van der Waals surface area contributed by atoms with Crippen molar-refractivity contribution in [2.75, 3.05) is 7.11 Å². The van der Waals surface area contributed by atoms with Crippen LogP contribution in [0.2, 0.25) is 0 Å². The summed E-state index contributed by atoms with van der Waals surface area (Å²) in [7, 11) is 1.30. The number of methoxy groups -OCH3 is 1. The number of carbonyl (C=O) groups excluding carboxylic acids is 2. The monoisotopic (exact) mass is 377 g/mol. The highest BCUT2D eigenvalue weighted by molar-refractivity contribution is 6.20. The first-order chi connectivity index (χ1) is 11.9. The Hall–Kier alpha value is -3.37. The fourth-order valence-corrected chi connectivity index (χ4v) is 2.28. The van der Waals surface area contributed by atoms with Gasteiger partial charge in [-0.1, -0.05) is 19.9 Å². The summed E-state index contributed by atoms with van der Waals surface area (Å²) in [6.07, 6.45) is 2.78. The number of carbonyl (C=O) groups is 2. The number of carboxylic acid groups (broad SMARTS) is 2. The molecule has 0 saturated carbocycles. The van der Waals surface area contributed by atoms with Crippen molar-refractivity contribution < 1.29 is 24.5 Å². The van der Waals surface area contributed by atoms with Gasteiger partial charge in [0.1, 0.15) is 11.4 Å². The first kappa shape index (κ1) is 23.6. The minimum Gasteiger partial charge on any atom is -0.545 e. The Bertz CT molecular complexity index is 837. The van der Waals surface area contributed by atoms with E-state index in [1.165, 1.54) is 33.4 Å². The number of aromatic nitrogens is 3. The van der Waals surface area contributed by atoms with Gasteiger partial charge in [-0.15, -0.1) is 0 Å². The molecule has 0 aliphatic heterocycles. The van der Waals surface area contributed by atoms with Gasteiger partial charge < -0.3 is 36.8 Å². The molecule has 8 N–H and O–H groups in total. The molecule has 0 unspecified atom stereocenters. The zero-order valence-corrected chi connectivity index (χ0v) is 15.8. The number of hydrogen-bond acceptors (Lipinski definition) is 8. The summed E-state index contributed by atoms with van der Waals surface area (Å²) in [5.41, 5.74) is -0.856. The fourth-order valence-electron chi connectivity index (χ4n) is 2.28. The number of pyridine rings is 1. The molecule has 0 aliphatic carbocycles. The molecule has 0 aromatic carbocycles. The van der Waals surface area contributed by atoms with Crippen molar-refractivity contribution in [3.05, 3.63) is 41.9 Å². The Labute approximate surface area is 156 Å². The molecular weight excluding hydrogens is 354 g/mol. The highest BCUT2D eigenvalue weighted by Gasteiger charge is 2.21. The van der Waals surface area contributed by atoms with E-state index in [0.717, 1.165) is 0 Å². The standard InChI is InChI=1S/C17H17N3O5.2H3N/c1-9(2)12(16(21)22)13(17(23)24)14-11(25-3)8-19-15(20-14)10-6-4-5-7-18-10;;/h4-9H,1-3H3,(H,21,22)(H,23,24);2*1H3/b13-12-;;. The van der Waals surface area contributed by atoms with Crippen LogP contribution >= 0.6 is 0 Å².